The van der Waals surface area contributed by atoms with Crippen LogP contribution in [0.1, 0.15) is 12.7 Å². The standard InChI is InChI=1S/C15H19N5/c1-3-10-17-15(16-4-2)18-11-9-14-19-12-7-5-6-8-13(12)20-14/h1,5-8H,4,9-11H2,2H3,(H,19,20)(H2,16,17,18). The number of hydrogen-bond donors (Lipinski definition) is 3. The second-order valence-electron chi connectivity index (χ2n) is 4.27. The summed E-state index contributed by atoms with van der Waals surface area (Å²) in [5.74, 6) is 4.22. The molecule has 0 atom stereocenters. The summed E-state index contributed by atoms with van der Waals surface area (Å²) in [7, 11) is 0. The summed E-state index contributed by atoms with van der Waals surface area (Å²) in [6.45, 7) is 3.95. The molecule has 1 heterocycles. The van der Waals surface area contributed by atoms with Gasteiger partial charge < -0.3 is 15.6 Å². The van der Waals surface area contributed by atoms with Gasteiger partial charge in [-0.05, 0) is 19.1 Å². The van der Waals surface area contributed by atoms with Gasteiger partial charge in [0, 0.05) is 19.5 Å². The van der Waals surface area contributed by atoms with E-state index in [1.165, 1.54) is 0 Å². The number of para-hydroxylation sites is 2. The van der Waals surface area contributed by atoms with Crippen molar-refractivity contribution < 1.29 is 0 Å². The van der Waals surface area contributed by atoms with Gasteiger partial charge in [0.15, 0.2) is 5.96 Å². The van der Waals surface area contributed by atoms with Gasteiger partial charge in [0.25, 0.3) is 0 Å². The number of nitrogens with one attached hydrogen (secondary N) is 3. The second kappa shape index (κ2) is 7.19. The minimum absolute atomic E-state index is 0.469. The third-order valence-electron chi connectivity index (χ3n) is 2.76. The third kappa shape index (κ3) is 3.75. The smallest absolute Gasteiger partial charge is 0.192 e. The number of guanidine groups is 1. The Kier molecular flexibility index (Phi) is 5.01. The van der Waals surface area contributed by atoms with Crippen LogP contribution in [-0.4, -0.2) is 35.6 Å². The Hall–Kier alpha value is -2.48. The van der Waals surface area contributed by atoms with Crippen LogP contribution in [-0.2, 0) is 6.42 Å². The van der Waals surface area contributed by atoms with Crippen molar-refractivity contribution in [2.24, 2.45) is 4.99 Å². The monoisotopic (exact) mass is 269 g/mol. The molecule has 0 radical (unpaired) electrons. The molecule has 5 nitrogen and oxygen atoms in total. The van der Waals surface area contributed by atoms with Gasteiger partial charge in [-0.3, -0.25) is 4.99 Å². The number of benzene rings is 1. The third-order valence-corrected chi connectivity index (χ3v) is 2.76. The average Bonchev–Trinajstić information content (AvgIpc) is 2.87. The molecule has 20 heavy (non-hydrogen) atoms. The molecule has 104 valence electrons. The zero-order valence-corrected chi connectivity index (χ0v) is 11.6. The summed E-state index contributed by atoms with van der Waals surface area (Å²) in [5.41, 5.74) is 2.05. The van der Waals surface area contributed by atoms with E-state index in [0.29, 0.717) is 13.1 Å². The minimum Gasteiger partial charge on any atom is -0.357 e. The number of H-pyrrole nitrogens is 1. The molecule has 2 rings (SSSR count). The maximum Gasteiger partial charge on any atom is 0.192 e. The van der Waals surface area contributed by atoms with Gasteiger partial charge in [-0.1, -0.05) is 18.1 Å². The topological polar surface area (TPSA) is 65.1 Å². The van der Waals surface area contributed by atoms with Crippen LogP contribution in [0.4, 0.5) is 0 Å². The zero-order valence-electron chi connectivity index (χ0n) is 11.6. The number of aromatic nitrogens is 2. The van der Waals surface area contributed by atoms with E-state index in [4.69, 9.17) is 6.42 Å². The predicted octanol–water partition coefficient (Wildman–Crippen LogP) is 1.29. The molecule has 0 aliphatic rings. The van der Waals surface area contributed by atoms with Crippen molar-refractivity contribution in [1.29, 1.82) is 0 Å². The molecule has 0 spiro atoms. The summed E-state index contributed by atoms with van der Waals surface area (Å²) in [4.78, 5) is 12.3. The normalized spacial score (nSPS) is 11.3. The summed E-state index contributed by atoms with van der Waals surface area (Å²) in [6, 6.07) is 8.00. The van der Waals surface area contributed by atoms with Crippen molar-refractivity contribution in [3.63, 3.8) is 0 Å². The molecule has 0 aliphatic carbocycles. The number of hydrogen-bond acceptors (Lipinski definition) is 2. The molecule has 0 saturated carbocycles. The molecular weight excluding hydrogens is 250 g/mol. The molecule has 0 fully saturated rings. The molecule has 0 saturated heterocycles. The van der Waals surface area contributed by atoms with Gasteiger partial charge in [0.05, 0.1) is 17.6 Å². The molecule has 5 heteroatoms. The molecule has 0 amide bonds. The first-order chi connectivity index (χ1) is 9.83. The van der Waals surface area contributed by atoms with Crippen molar-refractivity contribution in [2.45, 2.75) is 13.3 Å². The van der Waals surface area contributed by atoms with Gasteiger partial charge in [0.2, 0.25) is 0 Å². The summed E-state index contributed by atoms with van der Waals surface area (Å²) >= 11 is 0. The lowest BCUT2D eigenvalue weighted by molar-refractivity contribution is 0.840. The fourth-order valence-electron chi connectivity index (χ4n) is 1.87. The van der Waals surface area contributed by atoms with Crippen molar-refractivity contribution in [3.8, 4) is 12.3 Å². The molecule has 0 aliphatic heterocycles. The molecule has 3 N–H and O–H groups in total. The Bertz CT molecular complexity index is 587. The van der Waals surface area contributed by atoms with E-state index in [0.717, 1.165) is 35.8 Å². The van der Waals surface area contributed by atoms with Crippen molar-refractivity contribution in [1.82, 2.24) is 20.6 Å². The SMILES string of the molecule is C#CCNC(=NCCc1nc2ccccc2[nH]1)NCC. The lowest BCUT2D eigenvalue weighted by atomic mass is 10.3. The highest BCUT2D eigenvalue weighted by Gasteiger charge is 2.01. The number of aromatic amines is 1. The minimum atomic E-state index is 0.469. The summed E-state index contributed by atoms with van der Waals surface area (Å²) in [5, 5.41) is 6.20. The van der Waals surface area contributed by atoms with Gasteiger partial charge in [0.1, 0.15) is 5.82 Å². The Labute approximate surface area is 118 Å². The van der Waals surface area contributed by atoms with Crippen LogP contribution in [0.5, 0.6) is 0 Å². The van der Waals surface area contributed by atoms with E-state index in [9.17, 15) is 0 Å². The van der Waals surface area contributed by atoms with E-state index in [1.807, 2.05) is 31.2 Å². The Morgan fingerprint density at radius 3 is 3.00 bits per heavy atom. The number of rotatable bonds is 5. The quantitative estimate of drug-likeness (QED) is 0.435. The highest BCUT2D eigenvalue weighted by Crippen LogP contribution is 2.10. The fourth-order valence-corrected chi connectivity index (χ4v) is 1.87. The first-order valence-electron chi connectivity index (χ1n) is 6.72. The van der Waals surface area contributed by atoms with Crippen LogP contribution in [0.3, 0.4) is 0 Å². The first-order valence-corrected chi connectivity index (χ1v) is 6.72. The van der Waals surface area contributed by atoms with E-state index < -0.39 is 0 Å². The molecular formula is C15H19N5. The van der Waals surface area contributed by atoms with Gasteiger partial charge in [-0.25, -0.2) is 4.98 Å². The molecule has 0 unspecified atom stereocenters. The number of nitrogens with zero attached hydrogens (tertiary/aromatic N) is 2. The van der Waals surface area contributed by atoms with Crippen molar-refractivity contribution >= 4 is 17.0 Å². The van der Waals surface area contributed by atoms with Crippen LogP contribution < -0.4 is 10.6 Å². The van der Waals surface area contributed by atoms with Crippen LogP contribution in [0.2, 0.25) is 0 Å². The maximum absolute atomic E-state index is 5.23. The fraction of sp³-hybridized carbons (Fsp3) is 0.333. The van der Waals surface area contributed by atoms with Crippen LogP contribution in [0.25, 0.3) is 11.0 Å². The number of aliphatic imine (C=N–C) groups is 1. The molecule has 0 bridgehead atoms. The highest BCUT2D eigenvalue weighted by molar-refractivity contribution is 5.80. The van der Waals surface area contributed by atoms with E-state index in [2.05, 4.69) is 31.5 Å². The van der Waals surface area contributed by atoms with Crippen molar-refractivity contribution in [2.75, 3.05) is 19.6 Å². The molecule has 2 aromatic rings. The predicted molar refractivity (Wildman–Crippen MR) is 82.6 cm³/mol. The largest absolute Gasteiger partial charge is 0.357 e. The summed E-state index contributed by atoms with van der Waals surface area (Å²) < 4.78 is 0. The first kappa shape index (κ1) is 13.9. The van der Waals surface area contributed by atoms with Crippen molar-refractivity contribution in [3.05, 3.63) is 30.1 Å². The van der Waals surface area contributed by atoms with Crippen LogP contribution in [0.15, 0.2) is 29.3 Å². The zero-order chi connectivity index (χ0) is 14.2. The average molecular weight is 269 g/mol. The Morgan fingerprint density at radius 2 is 2.25 bits per heavy atom. The Morgan fingerprint density at radius 1 is 1.40 bits per heavy atom. The van der Waals surface area contributed by atoms with E-state index in [1.54, 1.807) is 0 Å². The molecule has 1 aromatic heterocycles. The maximum atomic E-state index is 5.23. The number of terminal acetylenes is 1. The van der Waals surface area contributed by atoms with Crippen LogP contribution in [0, 0.1) is 12.3 Å². The van der Waals surface area contributed by atoms with E-state index in [-0.39, 0.29) is 0 Å². The van der Waals surface area contributed by atoms with Gasteiger partial charge in [-0.2, -0.15) is 0 Å². The van der Waals surface area contributed by atoms with Gasteiger partial charge >= 0.3 is 0 Å². The lowest BCUT2D eigenvalue weighted by Crippen LogP contribution is -2.37. The second-order valence-corrected chi connectivity index (χ2v) is 4.27. The lowest BCUT2D eigenvalue weighted by Gasteiger charge is -2.08. The number of imidazole rings is 1. The Balaban J connectivity index is 1.94. The van der Waals surface area contributed by atoms with E-state index >= 15 is 0 Å². The van der Waals surface area contributed by atoms with Gasteiger partial charge in [-0.15, -0.1) is 6.42 Å². The molecule has 1 aromatic carbocycles. The summed E-state index contributed by atoms with van der Waals surface area (Å²) in [6.07, 6.45) is 5.99. The van der Waals surface area contributed by atoms with Crippen LogP contribution >= 0.6 is 0 Å². The highest BCUT2D eigenvalue weighted by atomic mass is 15.2. The number of fused-ring (bicyclic) bond motifs is 1.